The fourth-order valence-electron chi connectivity index (χ4n) is 1.71. The van der Waals surface area contributed by atoms with Gasteiger partial charge in [0.1, 0.15) is 0 Å². The molecular weight excluding hydrogens is 182 g/mol. The molecule has 1 unspecified atom stereocenters. The number of allylic oxidation sites excluding steroid dienone is 1. The maximum atomic E-state index is 5.88. The van der Waals surface area contributed by atoms with Crippen LogP contribution in [0.25, 0.3) is 0 Å². The van der Waals surface area contributed by atoms with Gasteiger partial charge in [-0.2, -0.15) is 0 Å². The van der Waals surface area contributed by atoms with Crippen LogP contribution >= 0.6 is 11.8 Å². The Bertz CT molecular complexity index is 281. The van der Waals surface area contributed by atoms with Crippen LogP contribution in [0.2, 0.25) is 0 Å². The van der Waals surface area contributed by atoms with Gasteiger partial charge >= 0.3 is 0 Å². The molecule has 2 N–H and O–H groups in total. The van der Waals surface area contributed by atoms with Gasteiger partial charge in [-0.15, -0.1) is 0 Å². The molecule has 0 saturated heterocycles. The lowest BCUT2D eigenvalue weighted by atomic mass is 10.2. The van der Waals surface area contributed by atoms with Gasteiger partial charge in [0.2, 0.25) is 0 Å². The largest absolute Gasteiger partial charge is 0.324 e. The van der Waals surface area contributed by atoms with Gasteiger partial charge < -0.3 is 10.6 Å². The predicted octanol–water partition coefficient (Wildman–Crippen LogP) is 1.37. The van der Waals surface area contributed by atoms with Crippen molar-refractivity contribution in [2.75, 3.05) is 13.1 Å². The van der Waals surface area contributed by atoms with E-state index >= 15 is 0 Å². The highest BCUT2D eigenvalue weighted by atomic mass is 32.2. The SMILES string of the molecule is CC1=C(C(C)N)SC2=NCCCN21. The van der Waals surface area contributed by atoms with Crippen LogP contribution in [0, 0.1) is 0 Å². The van der Waals surface area contributed by atoms with Crippen LogP contribution in [-0.4, -0.2) is 29.2 Å². The number of thioether (sulfide) groups is 1. The van der Waals surface area contributed by atoms with Crippen LogP contribution in [0.1, 0.15) is 20.3 Å². The van der Waals surface area contributed by atoms with E-state index in [1.165, 1.54) is 10.6 Å². The Labute approximate surface area is 83.1 Å². The van der Waals surface area contributed by atoms with Gasteiger partial charge in [-0.1, -0.05) is 11.8 Å². The summed E-state index contributed by atoms with van der Waals surface area (Å²) in [5, 5.41) is 1.15. The van der Waals surface area contributed by atoms with E-state index in [0.717, 1.165) is 24.7 Å². The molecule has 0 amide bonds. The fourth-order valence-corrected chi connectivity index (χ4v) is 2.85. The minimum atomic E-state index is 0.137. The summed E-state index contributed by atoms with van der Waals surface area (Å²) in [6, 6.07) is 0.137. The van der Waals surface area contributed by atoms with Gasteiger partial charge in [0, 0.05) is 29.7 Å². The van der Waals surface area contributed by atoms with Crippen molar-refractivity contribution in [2.45, 2.75) is 26.3 Å². The Morgan fingerprint density at radius 3 is 3.00 bits per heavy atom. The highest BCUT2D eigenvalue weighted by molar-refractivity contribution is 8.17. The second kappa shape index (κ2) is 3.35. The van der Waals surface area contributed by atoms with Crippen molar-refractivity contribution in [3.63, 3.8) is 0 Å². The van der Waals surface area contributed by atoms with Gasteiger partial charge in [0.05, 0.1) is 0 Å². The van der Waals surface area contributed by atoms with Crippen LogP contribution in [0.15, 0.2) is 15.6 Å². The summed E-state index contributed by atoms with van der Waals surface area (Å²) in [6.45, 7) is 6.25. The first-order valence-electron chi connectivity index (χ1n) is 4.66. The third kappa shape index (κ3) is 1.48. The normalized spacial score (nSPS) is 24.5. The van der Waals surface area contributed by atoms with E-state index in [4.69, 9.17) is 5.73 Å². The summed E-state index contributed by atoms with van der Waals surface area (Å²) >= 11 is 1.74. The van der Waals surface area contributed by atoms with Crippen molar-refractivity contribution in [2.24, 2.45) is 10.7 Å². The molecule has 2 aliphatic heterocycles. The standard InChI is InChI=1S/C9H15N3S/c1-6(10)8-7(2)12-5-3-4-11-9(12)13-8/h6H,3-5,10H2,1-2H3. The second-order valence-corrected chi connectivity index (χ2v) is 4.52. The highest BCUT2D eigenvalue weighted by Gasteiger charge is 2.29. The summed E-state index contributed by atoms with van der Waals surface area (Å²) in [5.74, 6) is 0. The van der Waals surface area contributed by atoms with Crippen molar-refractivity contribution in [1.82, 2.24) is 4.90 Å². The van der Waals surface area contributed by atoms with Crippen molar-refractivity contribution in [3.05, 3.63) is 10.6 Å². The third-order valence-electron chi connectivity index (χ3n) is 2.39. The van der Waals surface area contributed by atoms with Crippen molar-refractivity contribution in [3.8, 4) is 0 Å². The molecular formula is C9H15N3S. The lowest BCUT2D eigenvalue weighted by Gasteiger charge is -2.23. The average Bonchev–Trinajstić information content (AvgIpc) is 2.45. The molecule has 0 aliphatic carbocycles. The quantitative estimate of drug-likeness (QED) is 0.690. The topological polar surface area (TPSA) is 41.6 Å². The number of hydrogen-bond donors (Lipinski definition) is 1. The molecule has 0 spiro atoms. The van der Waals surface area contributed by atoms with Gasteiger partial charge in [0.25, 0.3) is 0 Å². The zero-order valence-corrected chi connectivity index (χ0v) is 8.90. The van der Waals surface area contributed by atoms with Crippen LogP contribution in [0.3, 0.4) is 0 Å². The number of fused-ring (bicyclic) bond motifs is 1. The first-order chi connectivity index (χ1) is 6.20. The van der Waals surface area contributed by atoms with E-state index in [9.17, 15) is 0 Å². The number of aliphatic imine (C=N–C) groups is 1. The zero-order chi connectivity index (χ0) is 9.42. The molecule has 2 aliphatic rings. The summed E-state index contributed by atoms with van der Waals surface area (Å²) in [5.41, 5.74) is 7.19. The van der Waals surface area contributed by atoms with Crippen LogP contribution in [-0.2, 0) is 0 Å². The fraction of sp³-hybridized carbons (Fsp3) is 0.667. The molecule has 0 aromatic rings. The van der Waals surface area contributed by atoms with E-state index in [2.05, 4.69) is 16.8 Å². The number of amidine groups is 1. The van der Waals surface area contributed by atoms with Gasteiger partial charge in [-0.05, 0) is 20.3 Å². The molecule has 4 heteroatoms. The molecule has 0 saturated carbocycles. The smallest absolute Gasteiger partial charge is 0.168 e. The van der Waals surface area contributed by atoms with Crippen molar-refractivity contribution < 1.29 is 0 Å². The van der Waals surface area contributed by atoms with Crippen molar-refractivity contribution in [1.29, 1.82) is 0 Å². The van der Waals surface area contributed by atoms with E-state index in [1.807, 2.05) is 6.92 Å². The number of hydrogen-bond acceptors (Lipinski definition) is 4. The van der Waals surface area contributed by atoms with Gasteiger partial charge in [-0.3, -0.25) is 4.99 Å². The van der Waals surface area contributed by atoms with Crippen LogP contribution < -0.4 is 5.73 Å². The minimum Gasteiger partial charge on any atom is -0.324 e. The molecule has 0 radical (unpaired) electrons. The molecule has 0 bridgehead atoms. The Hall–Kier alpha value is -0.480. The summed E-state index contributed by atoms with van der Waals surface area (Å²) in [7, 11) is 0. The summed E-state index contributed by atoms with van der Waals surface area (Å²) in [6.07, 6.45) is 1.16. The Morgan fingerprint density at radius 2 is 2.38 bits per heavy atom. The van der Waals surface area contributed by atoms with Crippen molar-refractivity contribution >= 4 is 16.9 Å². The first kappa shape index (κ1) is 9.09. The molecule has 13 heavy (non-hydrogen) atoms. The van der Waals surface area contributed by atoms with E-state index < -0.39 is 0 Å². The van der Waals surface area contributed by atoms with E-state index in [1.54, 1.807) is 11.8 Å². The Kier molecular flexibility index (Phi) is 2.34. The first-order valence-corrected chi connectivity index (χ1v) is 5.48. The third-order valence-corrected chi connectivity index (χ3v) is 3.81. The molecule has 2 heterocycles. The molecule has 1 atom stereocenters. The van der Waals surface area contributed by atoms with Crippen LogP contribution in [0.4, 0.5) is 0 Å². The number of nitrogens with two attached hydrogens (primary N) is 1. The predicted molar refractivity (Wildman–Crippen MR) is 57.6 cm³/mol. The molecule has 2 rings (SSSR count). The lowest BCUT2D eigenvalue weighted by molar-refractivity contribution is 0.484. The van der Waals surface area contributed by atoms with Crippen LogP contribution in [0.5, 0.6) is 0 Å². The monoisotopic (exact) mass is 197 g/mol. The second-order valence-electron chi connectivity index (χ2n) is 3.51. The van der Waals surface area contributed by atoms with Gasteiger partial charge in [-0.25, -0.2) is 0 Å². The maximum Gasteiger partial charge on any atom is 0.168 e. The van der Waals surface area contributed by atoms with E-state index in [0.29, 0.717) is 0 Å². The zero-order valence-electron chi connectivity index (χ0n) is 8.08. The number of rotatable bonds is 1. The Morgan fingerprint density at radius 1 is 1.62 bits per heavy atom. The summed E-state index contributed by atoms with van der Waals surface area (Å²) in [4.78, 5) is 8.05. The molecule has 3 nitrogen and oxygen atoms in total. The molecule has 0 aromatic carbocycles. The minimum absolute atomic E-state index is 0.137. The number of nitrogens with zero attached hydrogens (tertiary/aromatic N) is 2. The molecule has 72 valence electrons. The average molecular weight is 197 g/mol. The lowest BCUT2D eigenvalue weighted by Crippen LogP contribution is -2.28. The highest BCUT2D eigenvalue weighted by Crippen LogP contribution is 2.36. The molecule has 0 aromatic heterocycles. The maximum absolute atomic E-state index is 5.88. The Balaban J connectivity index is 2.28. The summed E-state index contributed by atoms with van der Waals surface area (Å²) < 4.78 is 0. The molecule has 0 fully saturated rings. The van der Waals surface area contributed by atoms with Gasteiger partial charge in [0.15, 0.2) is 5.17 Å². The van der Waals surface area contributed by atoms with E-state index in [-0.39, 0.29) is 6.04 Å².